The highest BCUT2D eigenvalue weighted by molar-refractivity contribution is 6.10. The van der Waals surface area contributed by atoms with Gasteiger partial charge in [0, 0.05) is 44.7 Å². The first kappa shape index (κ1) is 27.6. The van der Waals surface area contributed by atoms with Crippen LogP contribution in [0.2, 0.25) is 0 Å². The number of hydrogen-bond donors (Lipinski definition) is 1. The minimum Gasteiger partial charge on any atom is -0.309 e. The Labute approximate surface area is 277 Å². The quantitative estimate of drug-likeness (QED) is 0.193. The third-order valence-electron chi connectivity index (χ3n) is 9.50. The van der Waals surface area contributed by atoms with Crippen LogP contribution in [-0.2, 0) is 0 Å². The normalized spacial score (nSPS) is 11.4. The topological polar surface area (TPSA) is 57.5 Å². The van der Waals surface area contributed by atoms with Crippen LogP contribution in [0, 0.1) is 16.7 Å². The molecule has 0 spiro atoms. The molecule has 0 aliphatic rings. The first-order chi connectivity index (χ1) is 23.7. The van der Waals surface area contributed by atoms with E-state index in [0.717, 1.165) is 44.7 Å². The van der Waals surface area contributed by atoms with Crippen LogP contribution in [0.4, 0.5) is 0 Å². The highest BCUT2D eigenvalue weighted by Crippen LogP contribution is 2.38. The van der Waals surface area contributed by atoms with Crippen molar-refractivity contribution in [1.29, 1.82) is 10.7 Å². The van der Waals surface area contributed by atoms with E-state index in [9.17, 15) is 5.26 Å². The number of rotatable bonds is 5. The Balaban J connectivity index is 1.17. The fourth-order valence-corrected chi connectivity index (χ4v) is 7.29. The van der Waals surface area contributed by atoms with Gasteiger partial charge in [-0.2, -0.15) is 5.26 Å². The lowest BCUT2D eigenvalue weighted by atomic mass is 9.90. The SMILES string of the molecule is N#Cc1cc(-c2ccc(-n3c4ccccc4c4ccccc43)cc2)c(-c2ccc(-n3c4ccccc4c4ccccc43)cc2)cc1C=N. The summed E-state index contributed by atoms with van der Waals surface area (Å²) in [6, 6.07) is 57.4. The van der Waals surface area contributed by atoms with Crippen molar-refractivity contribution >= 4 is 49.8 Å². The first-order valence-corrected chi connectivity index (χ1v) is 16.0. The van der Waals surface area contributed by atoms with Crippen LogP contribution >= 0.6 is 0 Å². The monoisotopic (exact) mass is 612 g/mol. The number of nitrogens with one attached hydrogen (secondary N) is 1. The Hall–Kier alpha value is -6.70. The molecule has 0 bridgehead atoms. The van der Waals surface area contributed by atoms with Gasteiger partial charge in [0.25, 0.3) is 0 Å². The maximum Gasteiger partial charge on any atom is 0.0998 e. The highest BCUT2D eigenvalue weighted by Gasteiger charge is 2.16. The molecule has 0 aliphatic heterocycles. The van der Waals surface area contributed by atoms with Gasteiger partial charge in [-0.1, -0.05) is 97.1 Å². The predicted octanol–water partition coefficient (Wildman–Crippen LogP) is 11.1. The van der Waals surface area contributed by atoms with Crippen LogP contribution in [0.1, 0.15) is 11.1 Å². The number of para-hydroxylation sites is 4. The minimum atomic E-state index is 0.483. The van der Waals surface area contributed by atoms with Gasteiger partial charge in [0.2, 0.25) is 0 Å². The van der Waals surface area contributed by atoms with Gasteiger partial charge in [-0.25, -0.2) is 0 Å². The lowest BCUT2D eigenvalue weighted by Crippen LogP contribution is -1.97. The molecule has 4 heteroatoms. The summed E-state index contributed by atoms with van der Waals surface area (Å²) in [5, 5.41) is 23.0. The Kier molecular flexibility index (Phi) is 6.31. The van der Waals surface area contributed by atoms with Gasteiger partial charge in [-0.3, -0.25) is 0 Å². The fourth-order valence-electron chi connectivity index (χ4n) is 7.29. The number of nitriles is 1. The molecule has 224 valence electrons. The largest absolute Gasteiger partial charge is 0.309 e. The van der Waals surface area contributed by atoms with E-state index in [0.29, 0.717) is 11.1 Å². The average Bonchev–Trinajstić information content (AvgIpc) is 3.68. The molecule has 7 aromatic carbocycles. The smallest absolute Gasteiger partial charge is 0.0998 e. The number of fused-ring (bicyclic) bond motifs is 6. The van der Waals surface area contributed by atoms with Crippen molar-refractivity contribution in [2.75, 3.05) is 0 Å². The van der Waals surface area contributed by atoms with E-state index in [1.54, 1.807) is 0 Å². The maximum absolute atomic E-state index is 10.0. The predicted molar refractivity (Wildman–Crippen MR) is 199 cm³/mol. The Morgan fingerprint density at radius 3 is 1.17 bits per heavy atom. The minimum absolute atomic E-state index is 0.483. The lowest BCUT2D eigenvalue weighted by molar-refractivity contribution is 1.18. The van der Waals surface area contributed by atoms with Gasteiger partial charge in [-0.05, 0) is 82.9 Å². The van der Waals surface area contributed by atoms with Gasteiger partial charge < -0.3 is 14.5 Å². The third kappa shape index (κ3) is 4.19. The van der Waals surface area contributed by atoms with Crippen LogP contribution in [-0.4, -0.2) is 15.3 Å². The molecule has 48 heavy (non-hydrogen) atoms. The summed E-state index contributed by atoms with van der Waals surface area (Å²) in [6.07, 6.45) is 1.27. The molecule has 4 nitrogen and oxygen atoms in total. The molecule has 0 atom stereocenters. The van der Waals surface area contributed by atoms with Crippen LogP contribution in [0.5, 0.6) is 0 Å². The average molecular weight is 613 g/mol. The summed E-state index contributed by atoms with van der Waals surface area (Å²) in [5.41, 5.74) is 11.9. The second-order valence-corrected chi connectivity index (χ2v) is 12.1. The van der Waals surface area contributed by atoms with Crippen molar-refractivity contribution in [3.05, 3.63) is 169 Å². The van der Waals surface area contributed by atoms with Crippen molar-refractivity contribution in [3.8, 4) is 39.7 Å². The number of benzene rings is 7. The summed E-state index contributed by atoms with van der Waals surface area (Å²) in [7, 11) is 0. The van der Waals surface area contributed by atoms with Crippen molar-refractivity contribution in [2.24, 2.45) is 0 Å². The molecule has 9 aromatic rings. The molecule has 0 saturated carbocycles. The molecule has 0 saturated heterocycles. The van der Waals surface area contributed by atoms with E-state index in [1.165, 1.54) is 38.8 Å². The Morgan fingerprint density at radius 2 is 0.812 bits per heavy atom. The zero-order valence-corrected chi connectivity index (χ0v) is 25.9. The van der Waals surface area contributed by atoms with Crippen LogP contribution in [0.3, 0.4) is 0 Å². The second kappa shape index (κ2) is 11.0. The van der Waals surface area contributed by atoms with E-state index in [1.807, 2.05) is 12.1 Å². The molecule has 2 heterocycles. The van der Waals surface area contributed by atoms with E-state index < -0.39 is 0 Å². The molecule has 0 amide bonds. The molecule has 2 aromatic heterocycles. The van der Waals surface area contributed by atoms with E-state index in [2.05, 4.69) is 161 Å². The summed E-state index contributed by atoms with van der Waals surface area (Å²) in [6.45, 7) is 0. The van der Waals surface area contributed by atoms with Crippen LogP contribution < -0.4 is 0 Å². The molecule has 9 rings (SSSR count). The zero-order chi connectivity index (χ0) is 32.2. The fraction of sp³-hybridized carbons (Fsp3) is 0. The van der Waals surface area contributed by atoms with Gasteiger partial charge in [0.15, 0.2) is 0 Å². The first-order valence-electron chi connectivity index (χ1n) is 16.0. The maximum atomic E-state index is 10.0. The molecule has 0 radical (unpaired) electrons. The van der Waals surface area contributed by atoms with Crippen molar-refractivity contribution in [3.63, 3.8) is 0 Å². The van der Waals surface area contributed by atoms with Gasteiger partial charge in [0.05, 0.1) is 33.7 Å². The van der Waals surface area contributed by atoms with Gasteiger partial charge in [0.1, 0.15) is 0 Å². The Bertz CT molecular complexity index is 2630. The molecular weight excluding hydrogens is 585 g/mol. The van der Waals surface area contributed by atoms with Gasteiger partial charge >= 0.3 is 0 Å². The van der Waals surface area contributed by atoms with Crippen molar-refractivity contribution in [1.82, 2.24) is 9.13 Å². The number of hydrogen-bond acceptors (Lipinski definition) is 2. The summed E-state index contributed by atoms with van der Waals surface area (Å²) in [4.78, 5) is 0. The third-order valence-corrected chi connectivity index (χ3v) is 9.50. The summed E-state index contributed by atoms with van der Waals surface area (Å²) < 4.78 is 4.62. The second-order valence-electron chi connectivity index (χ2n) is 12.1. The number of aromatic nitrogens is 2. The van der Waals surface area contributed by atoms with E-state index in [-0.39, 0.29) is 0 Å². The molecular formula is C44H28N4. The van der Waals surface area contributed by atoms with E-state index in [4.69, 9.17) is 5.41 Å². The molecule has 0 unspecified atom stereocenters. The lowest BCUT2D eigenvalue weighted by Gasteiger charge is -2.15. The highest BCUT2D eigenvalue weighted by atomic mass is 15.0. The summed E-state index contributed by atoms with van der Waals surface area (Å²) >= 11 is 0. The van der Waals surface area contributed by atoms with Crippen LogP contribution in [0.15, 0.2) is 158 Å². The molecule has 1 N–H and O–H groups in total. The van der Waals surface area contributed by atoms with Crippen molar-refractivity contribution in [2.45, 2.75) is 0 Å². The molecule has 0 fully saturated rings. The zero-order valence-electron chi connectivity index (χ0n) is 25.9. The standard InChI is InChI=1S/C44H28N4/c45-27-31-25-39(29-17-21-33(22-18-29)47-41-13-5-1-9-35(41)36-10-2-6-14-42(36)47)40(26-32(31)28-46)30-19-23-34(24-20-30)48-43-15-7-3-11-37(43)38-12-4-8-16-44(38)48/h1-27,45H. The van der Waals surface area contributed by atoms with Gasteiger partial charge in [-0.15, -0.1) is 0 Å². The van der Waals surface area contributed by atoms with Crippen molar-refractivity contribution < 1.29 is 0 Å². The summed E-state index contributed by atoms with van der Waals surface area (Å²) in [5.74, 6) is 0. The van der Waals surface area contributed by atoms with E-state index >= 15 is 0 Å². The molecule has 0 aliphatic carbocycles. The van der Waals surface area contributed by atoms with Crippen LogP contribution in [0.25, 0.3) is 77.2 Å². The number of nitrogens with zero attached hydrogens (tertiary/aromatic N) is 3. The Morgan fingerprint density at radius 1 is 0.458 bits per heavy atom.